The summed E-state index contributed by atoms with van der Waals surface area (Å²) in [4.78, 5) is 17.0. The van der Waals surface area contributed by atoms with Crippen molar-refractivity contribution in [3.8, 4) is 5.69 Å². The highest BCUT2D eigenvalue weighted by Crippen LogP contribution is 2.39. The van der Waals surface area contributed by atoms with E-state index in [1.165, 1.54) is 11.8 Å². The maximum atomic E-state index is 12.3. The molecule has 1 fully saturated rings. The van der Waals surface area contributed by atoms with Crippen LogP contribution in [-0.2, 0) is 4.79 Å². The van der Waals surface area contributed by atoms with Crippen LogP contribution in [0.1, 0.15) is 43.3 Å². The van der Waals surface area contributed by atoms with Gasteiger partial charge in [0.1, 0.15) is 5.76 Å². The Labute approximate surface area is 156 Å². The lowest BCUT2D eigenvalue weighted by Crippen LogP contribution is -2.28. The molecule has 0 aliphatic heterocycles. The van der Waals surface area contributed by atoms with Crippen molar-refractivity contribution >= 4 is 17.7 Å². The smallest absolute Gasteiger partial charge is 0.231 e. The molecule has 7 heteroatoms. The first-order valence-electron chi connectivity index (χ1n) is 8.68. The first-order chi connectivity index (χ1) is 12.7. The van der Waals surface area contributed by atoms with Gasteiger partial charge in [-0.3, -0.25) is 4.79 Å². The van der Waals surface area contributed by atoms with Gasteiger partial charge in [-0.1, -0.05) is 30.0 Å². The minimum Gasteiger partial charge on any atom is -0.467 e. The molecular weight excluding hydrogens is 348 g/mol. The standard InChI is InChI=1S/C19H20N4O2S/c1-13(16-8-5-11-25-16)20-17(24)12-26-19-21-18(14-9-10-14)22-23(19)15-6-3-2-4-7-15/h2-8,11,13-14H,9-10,12H2,1H3,(H,20,24)/t13-/m1/s1. The molecule has 1 aliphatic rings. The number of benzene rings is 1. The van der Waals surface area contributed by atoms with E-state index in [4.69, 9.17) is 4.42 Å². The summed E-state index contributed by atoms with van der Waals surface area (Å²) in [6.07, 6.45) is 3.89. The summed E-state index contributed by atoms with van der Waals surface area (Å²) < 4.78 is 7.16. The fourth-order valence-corrected chi connectivity index (χ4v) is 3.45. The Morgan fingerprint density at radius 1 is 1.31 bits per heavy atom. The molecule has 6 nitrogen and oxygen atoms in total. The van der Waals surface area contributed by atoms with Gasteiger partial charge in [-0.15, -0.1) is 5.10 Å². The van der Waals surface area contributed by atoms with E-state index in [2.05, 4.69) is 15.4 Å². The van der Waals surface area contributed by atoms with Crippen molar-refractivity contribution in [2.45, 2.75) is 36.9 Å². The predicted molar refractivity (Wildman–Crippen MR) is 99.3 cm³/mol. The molecule has 1 aliphatic carbocycles. The minimum absolute atomic E-state index is 0.0607. The summed E-state index contributed by atoms with van der Waals surface area (Å²) in [6, 6.07) is 13.4. The number of hydrogen-bond donors (Lipinski definition) is 1. The zero-order chi connectivity index (χ0) is 17.9. The second-order valence-electron chi connectivity index (χ2n) is 6.37. The third-order valence-corrected chi connectivity index (χ3v) is 5.15. The number of rotatable bonds is 7. The van der Waals surface area contributed by atoms with Gasteiger partial charge in [0.15, 0.2) is 11.0 Å². The Morgan fingerprint density at radius 2 is 2.12 bits per heavy atom. The van der Waals surface area contributed by atoms with Crippen LogP contribution in [0.4, 0.5) is 0 Å². The molecule has 4 rings (SSSR count). The van der Waals surface area contributed by atoms with Crippen molar-refractivity contribution in [1.82, 2.24) is 20.1 Å². The Morgan fingerprint density at radius 3 is 2.81 bits per heavy atom. The number of carbonyl (C=O) groups excluding carboxylic acids is 1. The molecule has 0 bridgehead atoms. The molecule has 1 aromatic carbocycles. The molecule has 3 aromatic rings. The first kappa shape index (κ1) is 16.9. The molecule has 0 unspecified atom stereocenters. The molecule has 134 valence electrons. The van der Waals surface area contributed by atoms with Crippen molar-refractivity contribution in [1.29, 1.82) is 0 Å². The Balaban J connectivity index is 1.45. The molecule has 2 aromatic heterocycles. The lowest BCUT2D eigenvalue weighted by Gasteiger charge is -2.11. The number of furan rings is 1. The molecule has 1 N–H and O–H groups in total. The van der Waals surface area contributed by atoms with Gasteiger partial charge in [0.2, 0.25) is 5.91 Å². The molecule has 2 heterocycles. The van der Waals surface area contributed by atoms with Crippen LogP contribution in [0, 0.1) is 0 Å². The topological polar surface area (TPSA) is 73.0 Å². The van der Waals surface area contributed by atoms with Gasteiger partial charge in [-0.2, -0.15) is 0 Å². The monoisotopic (exact) mass is 368 g/mol. The van der Waals surface area contributed by atoms with Crippen molar-refractivity contribution in [2.75, 3.05) is 5.75 Å². The van der Waals surface area contributed by atoms with Gasteiger partial charge >= 0.3 is 0 Å². The summed E-state index contributed by atoms with van der Waals surface area (Å²) in [5.74, 6) is 2.30. The minimum atomic E-state index is -0.160. The van der Waals surface area contributed by atoms with Gasteiger partial charge in [0.05, 0.1) is 23.7 Å². The second-order valence-corrected chi connectivity index (χ2v) is 7.31. The Hall–Kier alpha value is -2.54. The van der Waals surface area contributed by atoms with Gasteiger partial charge < -0.3 is 9.73 Å². The highest BCUT2D eigenvalue weighted by Gasteiger charge is 2.29. The van der Waals surface area contributed by atoms with Crippen LogP contribution < -0.4 is 5.32 Å². The van der Waals surface area contributed by atoms with Gasteiger partial charge in [-0.25, -0.2) is 9.67 Å². The van der Waals surface area contributed by atoms with Crippen molar-refractivity contribution in [3.05, 3.63) is 60.3 Å². The maximum absolute atomic E-state index is 12.3. The van der Waals surface area contributed by atoms with Gasteiger partial charge in [0.25, 0.3) is 0 Å². The van der Waals surface area contributed by atoms with Crippen LogP contribution in [0.15, 0.2) is 58.3 Å². The van der Waals surface area contributed by atoms with E-state index < -0.39 is 0 Å². The van der Waals surface area contributed by atoms with Crippen molar-refractivity contribution < 1.29 is 9.21 Å². The van der Waals surface area contributed by atoms with E-state index in [9.17, 15) is 4.79 Å². The van der Waals surface area contributed by atoms with E-state index in [0.29, 0.717) is 5.92 Å². The SMILES string of the molecule is C[C@@H](NC(=O)CSc1nc(C2CC2)nn1-c1ccccc1)c1ccco1. The van der Waals surface area contributed by atoms with Crippen LogP contribution in [0.2, 0.25) is 0 Å². The van der Waals surface area contributed by atoms with E-state index in [1.54, 1.807) is 6.26 Å². The molecule has 1 amide bonds. The summed E-state index contributed by atoms with van der Waals surface area (Å²) >= 11 is 1.40. The van der Waals surface area contributed by atoms with Crippen LogP contribution in [0.5, 0.6) is 0 Å². The average Bonchev–Trinajstić information content (AvgIpc) is 3.20. The predicted octanol–water partition coefficient (Wildman–Crippen LogP) is 3.71. The molecular formula is C19H20N4O2S. The maximum Gasteiger partial charge on any atom is 0.231 e. The molecule has 0 saturated heterocycles. The lowest BCUT2D eigenvalue weighted by molar-refractivity contribution is -0.119. The normalized spacial score (nSPS) is 15.0. The lowest BCUT2D eigenvalue weighted by atomic mass is 10.2. The third-order valence-electron chi connectivity index (χ3n) is 4.22. The zero-order valence-electron chi connectivity index (χ0n) is 14.5. The third kappa shape index (κ3) is 3.83. The molecule has 1 saturated carbocycles. The first-order valence-corrected chi connectivity index (χ1v) is 9.67. The summed E-state index contributed by atoms with van der Waals surface area (Å²) in [5.41, 5.74) is 0.957. The zero-order valence-corrected chi connectivity index (χ0v) is 15.3. The van der Waals surface area contributed by atoms with Crippen molar-refractivity contribution in [3.63, 3.8) is 0 Å². The number of hydrogen-bond acceptors (Lipinski definition) is 5. The molecule has 26 heavy (non-hydrogen) atoms. The molecule has 1 atom stereocenters. The highest BCUT2D eigenvalue weighted by molar-refractivity contribution is 7.99. The van der Waals surface area contributed by atoms with Crippen LogP contribution >= 0.6 is 11.8 Å². The van der Waals surface area contributed by atoms with Crippen LogP contribution in [-0.4, -0.2) is 26.4 Å². The van der Waals surface area contributed by atoms with Gasteiger partial charge in [-0.05, 0) is 44.0 Å². The van der Waals surface area contributed by atoms with Gasteiger partial charge in [0, 0.05) is 5.92 Å². The number of amides is 1. The van der Waals surface area contributed by atoms with E-state index in [1.807, 2.05) is 54.1 Å². The van der Waals surface area contributed by atoms with Crippen LogP contribution in [0.3, 0.4) is 0 Å². The number of aromatic nitrogens is 3. The van der Waals surface area contributed by atoms with Crippen molar-refractivity contribution in [2.24, 2.45) is 0 Å². The number of nitrogens with one attached hydrogen (secondary N) is 1. The fraction of sp³-hybridized carbons (Fsp3) is 0.316. The van der Waals surface area contributed by atoms with E-state index in [-0.39, 0.29) is 17.7 Å². The Bertz CT molecular complexity index is 872. The van der Waals surface area contributed by atoms with Crippen LogP contribution in [0.25, 0.3) is 5.69 Å². The molecule has 0 spiro atoms. The number of thioether (sulfide) groups is 1. The number of nitrogens with zero attached hydrogens (tertiary/aromatic N) is 3. The summed E-state index contributed by atoms with van der Waals surface area (Å²) in [6.45, 7) is 1.90. The summed E-state index contributed by atoms with van der Waals surface area (Å²) in [5, 5.41) is 8.35. The summed E-state index contributed by atoms with van der Waals surface area (Å²) in [7, 11) is 0. The number of para-hydroxylation sites is 1. The average molecular weight is 368 g/mol. The fourth-order valence-electron chi connectivity index (χ4n) is 2.68. The quantitative estimate of drug-likeness (QED) is 0.644. The number of carbonyl (C=O) groups is 1. The largest absolute Gasteiger partial charge is 0.467 e. The molecule has 0 radical (unpaired) electrons. The van der Waals surface area contributed by atoms with E-state index >= 15 is 0 Å². The Kier molecular flexibility index (Phi) is 4.79. The van der Waals surface area contributed by atoms with E-state index in [0.717, 1.165) is 35.3 Å². The highest BCUT2D eigenvalue weighted by atomic mass is 32.2. The second kappa shape index (κ2) is 7.37.